The van der Waals surface area contributed by atoms with Crippen LogP contribution in [-0.4, -0.2) is 41.1 Å². The van der Waals surface area contributed by atoms with E-state index >= 15 is 0 Å². The minimum Gasteiger partial charge on any atom is -0.480 e. The molecule has 0 atom stereocenters. The number of carbonyl (C=O) groups excluding carboxylic acids is 1. The SMILES string of the molecule is CC(C)N(CC(=O)O)C(=O)COc1c(F)c(F)c(F)c(F)c1F. The monoisotopic (exact) mass is 341 g/mol. The van der Waals surface area contributed by atoms with Gasteiger partial charge in [-0.05, 0) is 13.8 Å². The third kappa shape index (κ3) is 4.08. The van der Waals surface area contributed by atoms with E-state index in [-0.39, 0.29) is 0 Å². The smallest absolute Gasteiger partial charge is 0.323 e. The molecule has 0 unspecified atom stereocenters. The first-order valence-corrected chi connectivity index (χ1v) is 6.23. The first kappa shape index (κ1) is 18.7. The molecule has 0 aliphatic rings. The topological polar surface area (TPSA) is 66.8 Å². The zero-order valence-corrected chi connectivity index (χ0v) is 12.0. The van der Waals surface area contributed by atoms with Crippen molar-refractivity contribution in [2.45, 2.75) is 19.9 Å². The maximum atomic E-state index is 13.4. The quantitative estimate of drug-likeness (QED) is 0.489. The minimum atomic E-state index is -2.35. The van der Waals surface area contributed by atoms with Crippen LogP contribution in [0.15, 0.2) is 0 Å². The van der Waals surface area contributed by atoms with Gasteiger partial charge in [-0.2, -0.15) is 8.78 Å². The van der Waals surface area contributed by atoms with Crippen LogP contribution >= 0.6 is 0 Å². The fourth-order valence-corrected chi connectivity index (χ4v) is 1.63. The lowest BCUT2D eigenvalue weighted by Crippen LogP contribution is -2.43. The van der Waals surface area contributed by atoms with Crippen molar-refractivity contribution in [2.75, 3.05) is 13.2 Å². The lowest BCUT2D eigenvalue weighted by atomic mass is 10.2. The molecular formula is C13H12F5NO4. The summed E-state index contributed by atoms with van der Waals surface area (Å²) in [6.07, 6.45) is 0. The molecule has 0 heterocycles. The maximum absolute atomic E-state index is 13.4. The van der Waals surface area contributed by atoms with Gasteiger partial charge < -0.3 is 14.7 Å². The van der Waals surface area contributed by atoms with Crippen LogP contribution in [0.5, 0.6) is 5.75 Å². The van der Waals surface area contributed by atoms with Crippen LogP contribution in [0.3, 0.4) is 0 Å². The van der Waals surface area contributed by atoms with Crippen LogP contribution in [0, 0.1) is 29.1 Å². The number of hydrogen-bond acceptors (Lipinski definition) is 3. The highest BCUT2D eigenvalue weighted by atomic mass is 19.2. The number of nitrogens with zero attached hydrogens (tertiary/aromatic N) is 1. The van der Waals surface area contributed by atoms with Crippen molar-refractivity contribution >= 4 is 11.9 Å². The highest BCUT2D eigenvalue weighted by molar-refractivity contribution is 5.82. The second-order valence-corrected chi connectivity index (χ2v) is 4.70. The maximum Gasteiger partial charge on any atom is 0.323 e. The van der Waals surface area contributed by atoms with Gasteiger partial charge in [0.2, 0.25) is 29.1 Å². The number of carbonyl (C=O) groups is 2. The number of rotatable bonds is 6. The summed E-state index contributed by atoms with van der Waals surface area (Å²) in [5.74, 6) is -15.2. The summed E-state index contributed by atoms with van der Waals surface area (Å²) in [6, 6.07) is -0.585. The van der Waals surface area contributed by atoms with E-state index < -0.39 is 65.9 Å². The van der Waals surface area contributed by atoms with Crippen molar-refractivity contribution in [3.63, 3.8) is 0 Å². The second kappa shape index (κ2) is 7.25. The van der Waals surface area contributed by atoms with Crippen LogP contribution in [0.4, 0.5) is 22.0 Å². The molecular weight excluding hydrogens is 329 g/mol. The molecule has 0 saturated carbocycles. The van der Waals surface area contributed by atoms with Gasteiger partial charge in [-0.1, -0.05) is 0 Å². The molecule has 1 aromatic rings. The van der Waals surface area contributed by atoms with E-state index in [0.29, 0.717) is 0 Å². The van der Waals surface area contributed by atoms with E-state index in [0.717, 1.165) is 4.90 Å². The Morgan fingerprint density at radius 2 is 1.43 bits per heavy atom. The lowest BCUT2D eigenvalue weighted by molar-refractivity contribution is -0.146. The normalized spacial score (nSPS) is 10.8. The van der Waals surface area contributed by atoms with E-state index in [9.17, 15) is 31.5 Å². The molecule has 0 fully saturated rings. The molecule has 0 aliphatic heterocycles. The first-order chi connectivity index (χ1) is 10.6. The van der Waals surface area contributed by atoms with Crippen LogP contribution in [0.25, 0.3) is 0 Å². The molecule has 1 N–H and O–H groups in total. The first-order valence-electron chi connectivity index (χ1n) is 6.23. The molecule has 0 saturated heterocycles. The van der Waals surface area contributed by atoms with Crippen molar-refractivity contribution in [1.29, 1.82) is 0 Å². The van der Waals surface area contributed by atoms with Crippen molar-refractivity contribution in [3.05, 3.63) is 29.1 Å². The average molecular weight is 341 g/mol. The van der Waals surface area contributed by atoms with Gasteiger partial charge in [-0.15, -0.1) is 0 Å². The Balaban J connectivity index is 2.98. The van der Waals surface area contributed by atoms with Gasteiger partial charge >= 0.3 is 5.97 Å². The molecule has 1 amide bonds. The van der Waals surface area contributed by atoms with Crippen LogP contribution in [0.1, 0.15) is 13.8 Å². The Morgan fingerprint density at radius 1 is 1.00 bits per heavy atom. The molecule has 0 bridgehead atoms. The van der Waals surface area contributed by atoms with Crippen molar-refractivity contribution in [2.24, 2.45) is 0 Å². The standard InChI is InChI=1S/C13H12F5NO4/c1-5(2)19(3-7(21)22)6(20)4-23-13-11(17)9(15)8(14)10(16)12(13)18/h5H,3-4H2,1-2H3,(H,21,22). The minimum absolute atomic E-state index is 0.585. The Labute approximate surface area is 127 Å². The fraction of sp³-hybridized carbons (Fsp3) is 0.385. The molecule has 0 aromatic heterocycles. The lowest BCUT2D eigenvalue weighted by Gasteiger charge is -2.24. The number of carboxylic acid groups (broad SMARTS) is 1. The molecule has 0 aliphatic carbocycles. The highest BCUT2D eigenvalue weighted by Crippen LogP contribution is 2.29. The third-order valence-electron chi connectivity index (χ3n) is 2.76. The Morgan fingerprint density at radius 3 is 1.83 bits per heavy atom. The van der Waals surface area contributed by atoms with Crippen molar-refractivity contribution in [1.82, 2.24) is 4.90 Å². The molecule has 10 heteroatoms. The summed E-state index contributed by atoms with van der Waals surface area (Å²) >= 11 is 0. The number of hydrogen-bond donors (Lipinski definition) is 1. The number of halogens is 5. The zero-order valence-electron chi connectivity index (χ0n) is 12.0. The molecule has 23 heavy (non-hydrogen) atoms. The van der Waals surface area contributed by atoms with Gasteiger partial charge in [-0.3, -0.25) is 9.59 Å². The molecule has 1 aromatic carbocycles. The van der Waals surface area contributed by atoms with Crippen molar-refractivity contribution in [3.8, 4) is 5.75 Å². The summed E-state index contributed by atoms with van der Waals surface area (Å²) in [5, 5.41) is 8.66. The summed E-state index contributed by atoms with van der Waals surface area (Å²) in [4.78, 5) is 23.2. The molecule has 0 spiro atoms. The fourth-order valence-electron chi connectivity index (χ4n) is 1.63. The number of aliphatic carboxylic acids is 1. The number of carboxylic acids is 1. The van der Waals surface area contributed by atoms with Crippen LogP contribution in [0.2, 0.25) is 0 Å². The Kier molecular flexibility index (Phi) is 5.88. The van der Waals surface area contributed by atoms with E-state index in [1.807, 2.05) is 0 Å². The van der Waals surface area contributed by atoms with E-state index in [1.54, 1.807) is 0 Å². The average Bonchev–Trinajstić information content (AvgIpc) is 2.47. The Hall–Kier alpha value is -2.39. The predicted octanol–water partition coefficient (Wildman–Crippen LogP) is 2.08. The van der Waals surface area contributed by atoms with Gasteiger partial charge in [0.25, 0.3) is 5.91 Å². The van der Waals surface area contributed by atoms with E-state index in [1.165, 1.54) is 13.8 Å². The zero-order chi connectivity index (χ0) is 17.9. The predicted molar refractivity (Wildman–Crippen MR) is 66.2 cm³/mol. The van der Waals surface area contributed by atoms with E-state index in [4.69, 9.17) is 5.11 Å². The van der Waals surface area contributed by atoms with Gasteiger partial charge in [0.15, 0.2) is 12.4 Å². The molecule has 1 rings (SSSR count). The highest BCUT2D eigenvalue weighted by Gasteiger charge is 2.28. The van der Waals surface area contributed by atoms with Crippen LogP contribution in [-0.2, 0) is 9.59 Å². The van der Waals surface area contributed by atoms with Gasteiger partial charge in [0, 0.05) is 6.04 Å². The van der Waals surface area contributed by atoms with E-state index in [2.05, 4.69) is 4.74 Å². The molecule has 128 valence electrons. The Bertz CT molecular complexity index is 606. The van der Waals surface area contributed by atoms with Gasteiger partial charge in [-0.25, -0.2) is 13.2 Å². The second-order valence-electron chi connectivity index (χ2n) is 4.70. The van der Waals surface area contributed by atoms with Gasteiger partial charge in [0.1, 0.15) is 6.54 Å². The molecule has 0 radical (unpaired) electrons. The molecule has 5 nitrogen and oxygen atoms in total. The number of ether oxygens (including phenoxy) is 1. The summed E-state index contributed by atoms with van der Waals surface area (Å²) in [6.45, 7) is 1.14. The largest absolute Gasteiger partial charge is 0.480 e. The van der Waals surface area contributed by atoms with Gasteiger partial charge in [0.05, 0.1) is 0 Å². The summed E-state index contributed by atoms with van der Waals surface area (Å²) in [5.41, 5.74) is 0. The summed E-state index contributed by atoms with van der Waals surface area (Å²) in [7, 11) is 0. The van der Waals surface area contributed by atoms with Crippen LogP contribution < -0.4 is 4.74 Å². The summed E-state index contributed by atoms with van der Waals surface area (Å²) < 4.78 is 69.9. The third-order valence-corrected chi connectivity index (χ3v) is 2.76. The number of amides is 1. The van der Waals surface area contributed by atoms with Crippen molar-refractivity contribution < 1.29 is 41.4 Å². The number of benzene rings is 1.